The molecule has 0 aromatic carbocycles. The Bertz CT molecular complexity index is 548. The zero-order chi connectivity index (χ0) is 14.2. The van der Waals surface area contributed by atoms with Gasteiger partial charge < -0.3 is 14.9 Å². The molecule has 1 amide bonds. The first kappa shape index (κ1) is 12.7. The van der Waals surface area contributed by atoms with Gasteiger partial charge in [0.2, 0.25) is 0 Å². The van der Waals surface area contributed by atoms with E-state index in [-0.39, 0.29) is 5.41 Å². The average molecular weight is 272 g/mol. The maximum Gasteiger partial charge on any atom is 0.407 e. The molecular weight excluding hydrogens is 256 g/mol. The monoisotopic (exact) mass is 272 g/mol. The smallest absolute Gasteiger partial charge is 0.407 e. The van der Waals surface area contributed by atoms with Gasteiger partial charge in [-0.05, 0) is 25.0 Å². The molecule has 0 unspecified atom stereocenters. The van der Waals surface area contributed by atoms with E-state index in [1.165, 1.54) is 4.90 Å². The van der Waals surface area contributed by atoms with Gasteiger partial charge in [0.15, 0.2) is 0 Å². The van der Waals surface area contributed by atoms with E-state index < -0.39 is 6.09 Å². The number of rotatable bonds is 1. The van der Waals surface area contributed by atoms with E-state index in [0.29, 0.717) is 18.7 Å². The summed E-state index contributed by atoms with van der Waals surface area (Å²) in [6.07, 6.45) is 2.78. The third-order valence-electron chi connectivity index (χ3n) is 4.35. The van der Waals surface area contributed by atoms with Crippen LogP contribution in [0.1, 0.15) is 18.4 Å². The van der Waals surface area contributed by atoms with Gasteiger partial charge in [-0.25, -0.2) is 9.78 Å². The van der Waals surface area contributed by atoms with E-state index in [2.05, 4.69) is 16.0 Å². The lowest BCUT2D eigenvalue weighted by Crippen LogP contribution is -2.61. The number of carbonyl (C=O) groups is 1. The van der Waals surface area contributed by atoms with Crippen molar-refractivity contribution in [1.82, 2.24) is 9.88 Å². The molecule has 6 nitrogen and oxygen atoms in total. The van der Waals surface area contributed by atoms with E-state index in [4.69, 9.17) is 10.4 Å². The Morgan fingerprint density at radius 1 is 1.35 bits per heavy atom. The Hall–Kier alpha value is -2.29. The molecule has 2 fully saturated rings. The summed E-state index contributed by atoms with van der Waals surface area (Å²) in [6, 6.07) is 5.72. The predicted molar refractivity (Wildman–Crippen MR) is 72.4 cm³/mol. The van der Waals surface area contributed by atoms with E-state index >= 15 is 0 Å². The number of likely N-dealkylation sites (tertiary alicyclic amines) is 1. The Morgan fingerprint density at radius 2 is 2.05 bits per heavy atom. The van der Waals surface area contributed by atoms with Crippen molar-refractivity contribution in [2.45, 2.75) is 12.8 Å². The Morgan fingerprint density at radius 3 is 2.55 bits per heavy atom. The molecule has 0 aliphatic carbocycles. The first-order chi connectivity index (χ1) is 9.62. The van der Waals surface area contributed by atoms with Gasteiger partial charge in [-0.15, -0.1) is 0 Å². The fraction of sp³-hybridized carbons (Fsp3) is 0.500. The first-order valence-corrected chi connectivity index (χ1v) is 6.71. The molecule has 1 spiro atoms. The number of hydrogen-bond acceptors (Lipinski definition) is 4. The van der Waals surface area contributed by atoms with Crippen LogP contribution >= 0.6 is 0 Å². The standard InChI is InChI=1S/C14H16N4O2/c15-7-11-1-2-12(16-8-11)17-5-3-14(4-6-17)9-18(10-14)13(19)20/h1-2,8H,3-6,9-10H2,(H,19,20). The highest BCUT2D eigenvalue weighted by atomic mass is 16.4. The van der Waals surface area contributed by atoms with Gasteiger partial charge in [-0.1, -0.05) is 0 Å². The number of amides is 1. The highest BCUT2D eigenvalue weighted by Gasteiger charge is 2.46. The Balaban J connectivity index is 1.59. The second kappa shape index (κ2) is 4.67. The molecule has 20 heavy (non-hydrogen) atoms. The van der Waals surface area contributed by atoms with Crippen molar-refractivity contribution >= 4 is 11.9 Å². The molecule has 1 aromatic heterocycles. The third kappa shape index (κ3) is 2.16. The lowest BCUT2D eigenvalue weighted by atomic mass is 9.72. The maximum absolute atomic E-state index is 10.8. The number of anilines is 1. The van der Waals surface area contributed by atoms with Gasteiger partial charge in [0.25, 0.3) is 0 Å². The largest absolute Gasteiger partial charge is 0.465 e. The SMILES string of the molecule is N#Cc1ccc(N2CCC3(CC2)CN(C(=O)O)C3)nc1. The molecule has 6 heteroatoms. The summed E-state index contributed by atoms with van der Waals surface area (Å²) in [5.41, 5.74) is 0.750. The first-order valence-electron chi connectivity index (χ1n) is 6.71. The van der Waals surface area contributed by atoms with Gasteiger partial charge in [0.05, 0.1) is 5.56 Å². The number of aromatic nitrogens is 1. The number of pyridine rings is 1. The second-order valence-corrected chi connectivity index (χ2v) is 5.64. The molecule has 0 atom stereocenters. The average Bonchev–Trinajstić information content (AvgIpc) is 2.45. The summed E-state index contributed by atoms with van der Waals surface area (Å²) in [5, 5.41) is 17.7. The highest BCUT2D eigenvalue weighted by Crippen LogP contribution is 2.40. The lowest BCUT2D eigenvalue weighted by Gasteiger charge is -2.53. The van der Waals surface area contributed by atoms with E-state index in [9.17, 15) is 4.79 Å². The fourth-order valence-corrected chi connectivity index (χ4v) is 3.06. The van der Waals surface area contributed by atoms with Crippen molar-refractivity contribution in [3.63, 3.8) is 0 Å². The van der Waals surface area contributed by atoms with Crippen molar-refractivity contribution in [2.24, 2.45) is 5.41 Å². The summed E-state index contributed by atoms with van der Waals surface area (Å²) in [6.45, 7) is 3.12. The fourth-order valence-electron chi connectivity index (χ4n) is 3.06. The van der Waals surface area contributed by atoms with Gasteiger partial charge in [-0.2, -0.15) is 5.26 Å². The molecule has 2 saturated heterocycles. The number of hydrogen-bond donors (Lipinski definition) is 1. The van der Waals surface area contributed by atoms with Crippen LogP contribution in [0.2, 0.25) is 0 Å². The van der Waals surface area contributed by atoms with Crippen LogP contribution in [0.5, 0.6) is 0 Å². The molecule has 104 valence electrons. The van der Waals surface area contributed by atoms with Crippen molar-refractivity contribution < 1.29 is 9.90 Å². The Labute approximate surface area is 117 Å². The molecule has 2 aliphatic heterocycles. The lowest BCUT2D eigenvalue weighted by molar-refractivity contribution is -0.00643. The van der Waals surface area contributed by atoms with Crippen LogP contribution in [-0.2, 0) is 0 Å². The van der Waals surface area contributed by atoms with Gasteiger partial charge >= 0.3 is 6.09 Å². The van der Waals surface area contributed by atoms with E-state index in [1.54, 1.807) is 12.3 Å². The molecule has 1 N–H and O–H groups in total. The quantitative estimate of drug-likeness (QED) is 0.838. The zero-order valence-electron chi connectivity index (χ0n) is 11.1. The Kier molecular flexibility index (Phi) is 2.97. The maximum atomic E-state index is 10.8. The van der Waals surface area contributed by atoms with Crippen LogP contribution in [0.4, 0.5) is 10.6 Å². The molecular formula is C14H16N4O2. The molecule has 2 aliphatic rings. The minimum absolute atomic E-state index is 0.182. The summed E-state index contributed by atoms with van der Waals surface area (Å²) >= 11 is 0. The molecule has 0 bridgehead atoms. The topological polar surface area (TPSA) is 80.5 Å². The normalized spacial score (nSPS) is 20.4. The number of nitriles is 1. The van der Waals surface area contributed by atoms with Crippen molar-refractivity contribution in [2.75, 3.05) is 31.1 Å². The van der Waals surface area contributed by atoms with Crippen LogP contribution in [0.25, 0.3) is 0 Å². The van der Waals surface area contributed by atoms with Crippen molar-refractivity contribution in [3.8, 4) is 6.07 Å². The van der Waals surface area contributed by atoms with Gasteiger partial charge in [0, 0.05) is 37.8 Å². The van der Waals surface area contributed by atoms with Crippen LogP contribution in [0.15, 0.2) is 18.3 Å². The summed E-state index contributed by atoms with van der Waals surface area (Å²) < 4.78 is 0. The van der Waals surface area contributed by atoms with Crippen LogP contribution in [0.3, 0.4) is 0 Å². The number of piperidine rings is 1. The van der Waals surface area contributed by atoms with Crippen molar-refractivity contribution in [1.29, 1.82) is 5.26 Å². The summed E-state index contributed by atoms with van der Waals surface area (Å²) in [7, 11) is 0. The van der Waals surface area contributed by atoms with E-state index in [0.717, 1.165) is 31.7 Å². The zero-order valence-corrected chi connectivity index (χ0v) is 11.1. The molecule has 3 heterocycles. The molecule has 3 rings (SSSR count). The van der Waals surface area contributed by atoms with Gasteiger partial charge in [0.1, 0.15) is 11.9 Å². The van der Waals surface area contributed by atoms with Crippen LogP contribution in [0, 0.1) is 16.7 Å². The minimum atomic E-state index is -0.813. The number of nitrogens with zero attached hydrogens (tertiary/aromatic N) is 4. The third-order valence-corrected chi connectivity index (χ3v) is 4.35. The summed E-state index contributed by atoms with van der Waals surface area (Å²) in [4.78, 5) is 18.8. The minimum Gasteiger partial charge on any atom is -0.465 e. The second-order valence-electron chi connectivity index (χ2n) is 5.64. The summed E-state index contributed by atoms with van der Waals surface area (Å²) in [5.74, 6) is 0.897. The van der Waals surface area contributed by atoms with Crippen molar-refractivity contribution in [3.05, 3.63) is 23.9 Å². The number of carboxylic acid groups (broad SMARTS) is 1. The molecule has 0 saturated carbocycles. The van der Waals surface area contributed by atoms with Crippen LogP contribution < -0.4 is 4.90 Å². The molecule has 0 radical (unpaired) electrons. The predicted octanol–water partition coefficient (Wildman–Crippen LogP) is 1.53. The molecule has 1 aromatic rings. The highest BCUT2D eigenvalue weighted by molar-refractivity contribution is 5.66. The van der Waals surface area contributed by atoms with Gasteiger partial charge in [-0.3, -0.25) is 0 Å². The van der Waals surface area contributed by atoms with E-state index in [1.807, 2.05) is 6.07 Å². The van der Waals surface area contributed by atoms with Crippen LogP contribution in [-0.4, -0.2) is 47.3 Å².